The molecule has 4 heteroatoms. The van der Waals surface area contributed by atoms with Crippen molar-refractivity contribution in [1.29, 1.82) is 0 Å². The van der Waals surface area contributed by atoms with E-state index in [4.69, 9.17) is 0 Å². The Kier molecular flexibility index (Phi) is 4.15. The first-order valence-corrected chi connectivity index (χ1v) is 8.09. The monoisotopic (exact) mass is 287 g/mol. The average molecular weight is 287 g/mol. The van der Waals surface area contributed by atoms with E-state index < -0.39 is 0 Å². The third-order valence-corrected chi connectivity index (χ3v) is 4.58. The van der Waals surface area contributed by atoms with E-state index in [2.05, 4.69) is 37.4 Å². The van der Waals surface area contributed by atoms with Crippen LogP contribution in [0.4, 0.5) is 10.5 Å². The minimum absolute atomic E-state index is 0.147. The lowest BCUT2D eigenvalue weighted by molar-refractivity contribution is 0.209. The summed E-state index contributed by atoms with van der Waals surface area (Å²) in [5.74, 6) is 0. The Balaban J connectivity index is 1.87. The minimum atomic E-state index is 0.147. The van der Waals surface area contributed by atoms with Crippen molar-refractivity contribution in [3.05, 3.63) is 29.8 Å². The van der Waals surface area contributed by atoms with Crippen LogP contribution in [0.5, 0.6) is 0 Å². The zero-order valence-electron chi connectivity index (χ0n) is 13.0. The Labute approximate surface area is 127 Å². The van der Waals surface area contributed by atoms with Crippen LogP contribution < -0.4 is 10.2 Å². The van der Waals surface area contributed by atoms with Crippen molar-refractivity contribution in [2.24, 2.45) is 0 Å². The third-order valence-electron chi connectivity index (χ3n) is 4.58. The molecule has 2 saturated heterocycles. The summed E-state index contributed by atoms with van der Waals surface area (Å²) in [4.78, 5) is 16.5. The van der Waals surface area contributed by atoms with Crippen LogP contribution in [0.1, 0.15) is 44.7 Å². The van der Waals surface area contributed by atoms with Crippen LogP contribution in [-0.4, -0.2) is 36.6 Å². The van der Waals surface area contributed by atoms with E-state index >= 15 is 0 Å². The van der Waals surface area contributed by atoms with Crippen molar-refractivity contribution < 1.29 is 4.79 Å². The Hall–Kier alpha value is -1.55. The van der Waals surface area contributed by atoms with E-state index in [1.54, 1.807) is 0 Å². The second kappa shape index (κ2) is 6.06. The van der Waals surface area contributed by atoms with Gasteiger partial charge in [-0.2, -0.15) is 0 Å². The summed E-state index contributed by atoms with van der Waals surface area (Å²) in [6, 6.07) is 9.17. The topological polar surface area (TPSA) is 35.6 Å². The van der Waals surface area contributed by atoms with Gasteiger partial charge in [0.15, 0.2) is 0 Å². The van der Waals surface area contributed by atoms with Gasteiger partial charge in [-0.3, -0.25) is 4.90 Å². The normalized spacial score (nSPS) is 23.2. The van der Waals surface area contributed by atoms with Gasteiger partial charge >= 0.3 is 6.03 Å². The number of rotatable bonds is 3. The molecule has 0 spiro atoms. The summed E-state index contributed by atoms with van der Waals surface area (Å²) in [6.45, 7) is 6.85. The van der Waals surface area contributed by atoms with Crippen LogP contribution in [0, 0.1) is 0 Å². The summed E-state index contributed by atoms with van der Waals surface area (Å²) in [5, 5.41) is 3.60. The van der Waals surface area contributed by atoms with Gasteiger partial charge in [-0.05, 0) is 44.9 Å². The van der Waals surface area contributed by atoms with Gasteiger partial charge in [0, 0.05) is 25.2 Å². The summed E-state index contributed by atoms with van der Waals surface area (Å²) in [6.07, 6.45) is 3.67. The Morgan fingerprint density at radius 1 is 1.19 bits per heavy atom. The number of carbonyl (C=O) groups is 1. The Morgan fingerprint density at radius 2 is 2.00 bits per heavy atom. The largest absolute Gasteiger partial charge is 0.324 e. The molecule has 1 atom stereocenters. The second-order valence-corrected chi connectivity index (χ2v) is 6.28. The van der Waals surface area contributed by atoms with Crippen molar-refractivity contribution in [2.75, 3.05) is 24.5 Å². The summed E-state index contributed by atoms with van der Waals surface area (Å²) in [7, 11) is 0. The number of amides is 2. The van der Waals surface area contributed by atoms with Crippen LogP contribution in [0.3, 0.4) is 0 Å². The predicted molar refractivity (Wildman–Crippen MR) is 85.6 cm³/mol. The molecule has 0 aromatic heterocycles. The quantitative estimate of drug-likeness (QED) is 0.927. The highest BCUT2D eigenvalue weighted by Crippen LogP contribution is 2.33. The van der Waals surface area contributed by atoms with Gasteiger partial charge in [0.1, 0.15) is 0 Å². The molecule has 4 nitrogen and oxygen atoms in total. The van der Waals surface area contributed by atoms with Gasteiger partial charge in [0.25, 0.3) is 0 Å². The van der Waals surface area contributed by atoms with Crippen molar-refractivity contribution in [3.63, 3.8) is 0 Å². The van der Waals surface area contributed by atoms with E-state index in [-0.39, 0.29) is 12.1 Å². The van der Waals surface area contributed by atoms with Crippen molar-refractivity contribution >= 4 is 11.7 Å². The molecule has 0 saturated carbocycles. The van der Waals surface area contributed by atoms with Crippen LogP contribution in [-0.2, 0) is 0 Å². The molecule has 1 aromatic carbocycles. The molecular weight excluding hydrogens is 262 g/mol. The van der Waals surface area contributed by atoms with Gasteiger partial charge in [-0.1, -0.05) is 24.6 Å². The third kappa shape index (κ3) is 2.77. The molecule has 3 rings (SSSR count). The number of urea groups is 1. The molecule has 2 aliphatic rings. The number of para-hydroxylation sites is 1. The lowest BCUT2D eigenvalue weighted by Gasteiger charge is -2.29. The summed E-state index contributed by atoms with van der Waals surface area (Å²) < 4.78 is 0. The SMILES string of the molecule is CC(C)N1CCN(c2ccccc2C2CCCCN2)C1=O. The van der Waals surface area contributed by atoms with Gasteiger partial charge in [-0.15, -0.1) is 0 Å². The maximum absolute atomic E-state index is 12.6. The van der Waals surface area contributed by atoms with E-state index in [0.717, 1.165) is 31.7 Å². The smallest absolute Gasteiger partial charge is 0.320 e. The Morgan fingerprint density at radius 3 is 2.67 bits per heavy atom. The number of hydrogen-bond acceptors (Lipinski definition) is 2. The van der Waals surface area contributed by atoms with Crippen molar-refractivity contribution in [3.8, 4) is 0 Å². The number of piperidine rings is 1. The fraction of sp³-hybridized carbons (Fsp3) is 0.588. The molecule has 2 heterocycles. The van der Waals surface area contributed by atoms with E-state index in [0.29, 0.717) is 6.04 Å². The fourth-order valence-corrected chi connectivity index (χ4v) is 3.40. The molecule has 2 fully saturated rings. The number of carbonyl (C=O) groups excluding carboxylic acids is 1. The number of anilines is 1. The van der Waals surface area contributed by atoms with Crippen molar-refractivity contribution in [2.45, 2.75) is 45.2 Å². The van der Waals surface area contributed by atoms with Crippen LogP contribution in [0.25, 0.3) is 0 Å². The molecule has 1 N–H and O–H groups in total. The zero-order valence-corrected chi connectivity index (χ0v) is 13.0. The molecule has 0 aliphatic carbocycles. The maximum atomic E-state index is 12.6. The number of nitrogens with zero attached hydrogens (tertiary/aromatic N) is 2. The molecule has 114 valence electrons. The number of benzene rings is 1. The lowest BCUT2D eigenvalue weighted by Crippen LogP contribution is -2.37. The van der Waals surface area contributed by atoms with E-state index in [9.17, 15) is 4.79 Å². The molecule has 2 aliphatic heterocycles. The molecule has 0 radical (unpaired) electrons. The van der Waals surface area contributed by atoms with Crippen molar-refractivity contribution in [1.82, 2.24) is 10.2 Å². The number of hydrogen-bond donors (Lipinski definition) is 1. The van der Waals surface area contributed by atoms with E-state index in [1.807, 2.05) is 15.9 Å². The highest BCUT2D eigenvalue weighted by atomic mass is 16.2. The van der Waals surface area contributed by atoms with Gasteiger partial charge in [0.05, 0.1) is 5.69 Å². The average Bonchev–Trinajstić information content (AvgIpc) is 2.90. The van der Waals surface area contributed by atoms with Gasteiger partial charge in [0.2, 0.25) is 0 Å². The number of nitrogens with one attached hydrogen (secondary N) is 1. The zero-order chi connectivity index (χ0) is 14.8. The summed E-state index contributed by atoms with van der Waals surface area (Å²) >= 11 is 0. The predicted octanol–water partition coefficient (Wildman–Crippen LogP) is 3.15. The van der Waals surface area contributed by atoms with Crippen LogP contribution in [0.2, 0.25) is 0 Å². The first-order valence-electron chi connectivity index (χ1n) is 8.09. The molecule has 1 unspecified atom stereocenters. The maximum Gasteiger partial charge on any atom is 0.324 e. The molecule has 0 bridgehead atoms. The standard InChI is InChI=1S/C17H25N3O/c1-13(2)19-11-12-20(17(19)21)16-9-4-3-7-14(16)15-8-5-6-10-18-15/h3-4,7,9,13,15,18H,5-6,8,10-12H2,1-2H3. The summed E-state index contributed by atoms with van der Waals surface area (Å²) in [5.41, 5.74) is 2.36. The molecular formula is C17H25N3O. The first kappa shape index (κ1) is 14.4. The first-order chi connectivity index (χ1) is 10.2. The lowest BCUT2D eigenvalue weighted by atomic mass is 9.96. The highest BCUT2D eigenvalue weighted by Gasteiger charge is 2.33. The Bertz CT molecular complexity index is 509. The van der Waals surface area contributed by atoms with Crippen LogP contribution in [0.15, 0.2) is 24.3 Å². The van der Waals surface area contributed by atoms with E-state index in [1.165, 1.54) is 18.4 Å². The molecule has 21 heavy (non-hydrogen) atoms. The second-order valence-electron chi connectivity index (χ2n) is 6.28. The minimum Gasteiger partial charge on any atom is -0.320 e. The van der Waals surface area contributed by atoms with Crippen LogP contribution >= 0.6 is 0 Å². The van der Waals surface area contributed by atoms with Gasteiger partial charge in [-0.25, -0.2) is 4.79 Å². The molecule has 2 amide bonds. The molecule has 1 aromatic rings. The fourth-order valence-electron chi connectivity index (χ4n) is 3.40. The van der Waals surface area contributed by atoms with Gasteiger partial charge < -0.3 is 10.2 Å². The highest BCUT2D eigenvalue weighted by molar-refractivity contribution is 5.95.